The number of ether oxygens (including phenoxy) is 1. The van der Waals surface area contributed by atoms with Gasteiger partial charge in [-0.1, -0.05) is 35.3 Å². The largest absolute Gasteiger partial charge is 0.485 e. The maximum absolute atomic E-state index is 13.5. The van der Waals surface area contributed by atoms with Crippen LogP contribution in [-0.4, -0.2) is 0 Å². The summed E-state index contributed by atoms with van der Waals surface area (Å²) in [6, 6.07) is 11.2. The van der Waals surface area contributed by atoms with Gasteiger partial charge >= 0.3 is 0 Å². The fourth-order valence-corrected chi connectivity index (χ4v) is 2.04. The van der Waals surface area contributed by atoms with Gasteiger partial charge in [0, 0.05) is 0 Å². The summed E-state index contributed by atoms with van der Waals surface area (Å²) >= 11 is 11.8. The van der Waals surface area contributed by atoms with Gasteiger partial charge in [-0.05, 0) is 36.8 Å². The van der Waals surface area contributed by atoms with E-state index in [0.717, 1.165) is 5.56 Å². The van der Waals surface area contributed by atoms with E-state index in [1.165, 1.54) is 12.1 Å². The fraction of sp³-hybridized carbons (Fsp3) is 0.133. The SMILES string of the molecule is CC(Oc1cccc(F)c1C#N)c1ccc(Cl)c(Cl)c1. The summed E-state index contributed by atoms with van der Waals surface area (Å²) in [5, 5.41) is 9.82. The summed E-state index contributed by atoms with van der Waals surface area (Å²) in [5.41, 5.74) is 0.673. The third kappa shape index (κ3) is 3.04. The Morgan fingerprint density at radius 2 is 1.95 bits per heavy atom. The van der Waals surface area contributed by atoms with Crippen molar-refractivity contribution in [2.75, 3.05) is 0 Å². The molecule has 0 aliphatic carbocycles. The highest BCUT2D eigenvalue weighted by Gasteiger charge is 2.14. The number of benzene rings is 2. The van der Waals surface area contributed by atoms with Gasteiger partial charge in [-0.2, -0.15) is 5.26 Å². The van der Waals surface area contributed by atoms with Crippen molar-refractivity contribution in [1.29, 1.82) is 5.26 Å². The zero-order chi connectivity index (χ0) is 14.7. The Balaban J connectivity index is 2.28. The Labute approximate surface area is 126 Å². The van der Waals surface area contributed by atoms with Crippen LogP contribution in [0.3, 0.4) is 0 Å². The summed E-state index contributed by atoms with van der Waals surface area (Å²) in [5.74, 6) is -0.405. The van der Waals surface area contributed by atoms with E-state index in [9.17, 15) is 4.39 Å². The lowest BCUT2D eigenvalue weighted by atomic mass is 10.1. The molecule has 0 heterocycles. The van der Waals surface area contributed by atoms with Crippen LogP contribution in [0.5, 0.6) is 5.75 Å². The topological polar surface area (TPSA) is 33.0 Å². The van der Waals surface area contributed by atoms with E-state index in [4.69, 9.17) is 33.2 Å². The molecule has 0 bridgehead atoms. The summed E-state index contributed by atoms with van der Waals surface area (Å²) in [6.07, 6.45) is -0.390. The van der Waals surface area contributed by atoms with Crippen molar-refractivity contribution < 1.29 is 9.13 Å². The van der Waals surface area contributed by atoms with Gasteiger partial charge in [0.25, 0.3) is 0 Å². The molecule has 2 aromatic rings. The van der Waals surface area contributed by atoms with Crippen LogP contribution >= 0.6 is 23.2 Å². The molecule has 0 aromatic heterocycles. The standard InChI is InChI=1S/C15H10Cl2FNO/c1-9(10-5-6-12(16)13(17)7-10)20-15-4-2-3-14(18)11(15)8-19/h2-7,9H,1H3. The second-order valence-corrected chi connectivity index (χ2v) is 4.97. The highest BCUT2D eigenvalue weighted by atomic mass is 35.5. The first-order valence-electron chi connectivity index (χ1n) is 5.83. The molecule has 2 aromatic carbocycles. The second kappa shape index (κ2) is 6.13. The van der Waals surface area contributed by atoms with E-state index in [0.29, 0.717) is 10.0 Å². The molecular formula is C15H10Cl2FNO. The van der Waals surface area contributed by atoms with Crippen molar-refractivity contribution in [1.82, 2.24) is 0 Å². The Kier molecular flexibility index (Phi) is 4.49. The minimum atomic E-state index is -0.605. The molecule has 0 fully saturated rings. The van der Waals surface area contributed by atoms with Gasteiger partial charge in [0.05, 0.1) is 10.0 Å². The molecule has 5 heteroatoms. The average molecular weight is 310 g/mol. The van der Waals surface area contributed by atoms with E-state index in [2.05, 4.69) is 0 Å². The molecule has 0 N–H and O–H groups in total. The van der Waals surface area contributed by atoms with Crippen molar-refractivity contribution >= 4 is 23.2 Å². The van der Waals surface area contributed by atoms with Crippen LogP contribution in [0, 0.1) is 17.1 Å². The Hall–Kier alpha value is -1.76. The van der Waals surface area contributed by atoms with E-state index >= 15 is 0 Å². The first-order chi connectivity index (χ1) is 9.52. The molecular weight excluding hydrogens is 300 g/mol. The van der Waals surface area contributed by atoms with Crippen LogP contribution in [0.1, 0.15) is 24.2 Å². The first-order valence-corrected chi connectivity index (χ1v) is 6.58. The van der Waals surface area contributed by atoms with Crippen LogP contribution in [-0.2, 0) is 0 Å². The van der Waals surface area contributed by atoms with Crippen molar-refractivity contribution in [3.8, 4) is 11.8 Å². The van der Waals surface area contributed by atoms with Crippen LogP contribution in [0.25, 0.3) is 0 Å². The lowest BCUT2D eigenvalue weighted by Gasteiger charge is -2.16. The second-order valence-electron chi connectivity index (χ2n) is 4.16. The molecule has 1 atom stereocenters. The van der Waals surface area contributed by atoms with Gasteiger partial charge in [-0.25, -0.2) is 4.39 Å². The summed E-state index contributed by atoms with van der Waals surface area (Å²) in [4.78, 5) is 0. The molecule has 2 nitrogen and oxygen atoms in total. The highest BCUT2D eigenvalue weighted by Crippen LogP contribution is 2.30. The first kappa shape index (κ1) is 14.6. The predicted octanol–water partition coefficient (Wildman–Crippen LogP) is 5.14. The smallest absolute Gasteiger partial charge is 0.144 e. The number of rotatable bonds is 3. The third-order valence-corrected chi connectivity index (χ3v) is 3.54. The van der Waals surface area contributed by atoms with Crippen LogP contribution in [0.15, 0.2) is 36.4 Å². The number of nitrogens with zero attached hydrogens (tertiary/aromatic N) is 1. The van der Waals surface area contributed by atoms with Gasteiger partial charge in [-0.15, -0.1) is 0 Å². The molecule has 0 aliphatic heterocycles. The maximum atomic E-state index is 13.5. The quantitative estimate of drug-likeness (QED) is 0.786. The lowest BCUT2D eigenvalue weighted by molar-refractivity contribution is 0.225. The van der Waals surface area contributed by atoms with Gasteiger partial charge in [0.15, 0.2) is 0 Å². The number of hydrogen-bond acceptors (Lipinski definition) is 2. The van der Waals surface area contributed by atoms with Crippen LogP contribution in [0.4, 0.5) is 4.39 Å². The fourth-order valence-electron chi connectivity index (χ4n) is 1.73. The van der Waals surface area contributed by atoms with E-state index in [1.807, 2.05) is 0 Å². The van der Waals surface area contributed by atoms with Gasteiger partial charge in [-0.3, -0.25) is 0 Å². The van der Waals surface area contributed by atoms with Gasteiger partial charge in [0.1, 0.15) is 29.3 Å². The Bertz CT molecular complexity index is 682. The minimum Gasteiger partial charge on any atom is -0.485 e. The Morgan fingerprint density at radius 3 is 2.60 bits per heavy atom. The molecule has 2 rings (SSSR count). The molecule has 0 amide bonds. The molecule has 0 aliphatic rings. The highest BCUT2D eigenvalue weighted by molar-refractivity contribution is 6.42. The molecule has 20 heavy (non-hydrogen) atoms. The molecule has 102 valence electrons. The minimum absolute atomic E-state index is 0.112. The van der Waals surface area contributed by atoms with E-state index < -0.39 is 11.9 Å². The molecule has 0 radical (unpaired) electrons. The zero-order valence-corrected chi connectivity index (χ0v) is 12.0. The van der Waals surface area contributed by atoms with Crippen LogP contribution in [0.2, 0.25) is 10.0 Å². The normalized spacial score (nSPS) is 11.8. The van der Waals surface area contributed by atoms with Crippen molar-refractivity contribution in [2.45, 2.75) is 13.0 Å². The molecule has 0 saturated carbocycles. The maximum Gasteiger partial charge on any atom is 0.144 e. The molecule has 1 unspecified atom stereocenters. The molecule has 0 saturated heterocycles. The lowest BCUT2D eigenvalue weighted by Crippen LogP contribution is -2.05. The van der Waals surface area contributed by atoms with Crippen molar-refractivity contribution in [3.63, 3.8) is 0 Å². The molecule has 0 spiro atoms. The van der Waals surface area contributed by atoms with Crippen molar-refractivity contribution in [3.05, 3.63) is 63.4 Å². The average Bonchev–Trinajstić information content (AvgIpc) is 2.42. The predicted molar refractivity (Wildman–Crippen MR) is 76.6 cm³/mol. The van der Waals surface area contributed by atoms with E-state index in [-0.39, 0.29) is 11.3 Å². The monoisotopic (exact) mass is 309 g/mol. The Morgan fingerprint density at radius 1 is 1.20 bits per heavy atom. The summed E-state index contributed by atoms with van der Waals surface area (Å²) in [6.45, 7) is 1.78. The van der Waals surface area contributed by atoms with Gasteiger partial charge < -0.3 is 4.74 Å². The van der Waals surface area contributed by atoms with E-state index in [1.54, 1.807) is 37.3 Å². The van der Waals surface area contributed by atoms with Gasteiger partial charge in [0.2, 0.25) is 0 Å². The summed E-state index contributed by atoms with van der Waals surface area (Å²) in [7, 11) is 0. The number of halogens is 3. The zero-order valence-electron chi connectivity index (χ0n) is 10.5. The van der Waals surface area contributed by atoms with Crippen molar-refractivity contribution in [2.24, 2.45) is 0 Å². The van der Waals surface area contributed by atoms with Crippen LogP contribution < -0.4 is 4.74 Å². The number of nitriles is 1. The number of hydrogen-bond donors (Lipinski definition) is 0. The third-order valence-electron chi connectivity index (χ3n) is 2.80. The summed E-state index contributed by atoms with van der Waals surface area (Å²) < 4.78 is 19.1.